The second-order valence-corrected chi connectivity index (χ2v) is 9.13. The third-order valence-corrected chi connectivity index (χ3v) is 7.21. The van der Waals surface area contributed by atoms with Crippen LogP contribution in [0, 0.1) is 0 Å². The molecule has 1 rings (SSSR count). The summed E-state index contributed by atoms with van der Waals surface area (Å²) in [4.78, 5) is 20.1. The maximum Gasteiger partial charge on any atom is 0.500 e. The van der Waals surface area contributed by atoms with Gasteiger partial charge in [-0.3, -0.25) is 14.9 Å². The lowest BCUT2D eigenvalue weighted by atomic mass is 10.1. The Kier molecular flexibility index (Phi) is 16.5. The van der Waals surface area contributed by atoms with Crippen LogP contribution < -0.4 is 5.32 Å². The van der Waals surface area contributed by atoms with Crippen LogP contribution in [0.3, 0.4) is 0 Å². The molecule has 1 aliphatic rings. The van der Waals surface area contributed by atoms with E-state index in [0.717, 1.165) is 6.04 Å². The third-order valence-electron chi connectivity index (χ3n) is 4.06. The van der Waals surface area contributed by atoms with Gasteiger partial charge in [0.05, 0.1) is 0 Å². The summed E-state index contributed by atoms with van der Waals surface area (Å²) in [5.41, 5.74) is 0. The molecule has 0 atom stereocenters. The first-order chi connectivity index (χ1) is 13.0. The van der Waals surface area contributed by atoms with Crippen LogP contribution in [0.1, 0.15) is 79.1 Å². The first-order valence-corrected chi connectivity index (χ1v) is 12.4. The van der Waals surface area contributed by atoms with E-state index in [9.17, 15) is 9.59 Å². The Bertz CT molecular complexity index is 396. The number of unbranched alkanes of at least 4 members (excludes halogenated alkanes) is 7. The molecule has 7 heteroatoms. The van der Waals surface area contributed by atoms with E-state index in [2.05, 4.69) is 6.92 Å². The molecule has 0 aromatic rings. The lowest BCUT2D eigenvalue weighted by molar-refractivity contribution is -0.123. The highest BCUT2D eigenvalue weighted by Gasteiger charge is 2.39. The van der Waals surface area contributed by atoms with Crippen LogP contribution in [0.5, 0.6) is 0 Å². The molecule has 6 nitrogen and oxygen atoms in total. The maximum atomic E-state index is 10.0. The summed E-state index contributed by atoms with van der Waals surface area (Å²) in [6.45, 7) is 10.4. The molecule has 27 heavy (non-hydrogen) atoms. The third kappa shape index (κ3) is 13.7. The van der Waals surface area contributed by atoms with Crippen molar-refractivity contribution < 1.29 is 22.9 Å². The molecule has 0 radical (unpaired) electrons. The highest BCUT2D eigenvalue weighted by molar-refractivity contribution is 6.60. The highest BCUT2D eigenvalue weighted by atomic mass is 28.4. The van der Waals surface area contributed by atoms with Gasteiger partial charge < -0.3 is 13.3 Å². The predicted octanol–water partition coefficient (Wildman–Crippen LogP) is 4.37. The first kappa shape index (κ1) is 26.0. The van der Waals surface area contributed by atoms with E-state index in [0.29, 0.717) is 19.8 Å². The van der Waals surface area contributed by atoms with Gasteiger partial charge in [0.25, 0.3) is 11.8 Å². The van der Waals surface area contributed by atoms with Crippen LogP contribution >= 0.6 is 0 Å². The Balaban J connectivity index is 0.000000797. The van der Waals surface area contributed by atoms with Crippen molar-refractivity contribution in [1.82, 2.24) is 5.32 Å². The molecule has 1 aliphatic heterocycles. The van der Waals surface area contributed by atoms with Gasteiger partial charge in [-0.15, -0.1) is 0 Å². The average Bonchev–Trinajstić information content (AvgIpc) is 3.01. The zero-order valence-corrected chi connectivity index (χ0v) is 18.7. The number of carbonyl (C=O) groups is 2. The van der Waals surface area contributed by atoms with Crippen LogP contribution in [0.25, 0.3) is 0 Å². The molecule has 0 fully saturated rings. The van der Waals surface area contributed by atoms with Gasteiger partial charge in [0.2, 0.25) is 0 Å². The molecular formula is C20H39NO5Si. The van der Waals surface area contributed by atoms with Gasteiger partial charge >= 0.3 is 8.80 Å². The molecular weight excluding hydrogens is 362 g/mol. The topological polar surface area (TPSA) is 73.9 Å². The number of rotatable bonds is 15. The Morgan fingerprint density at radius 3 is 1.44 bits per heavy atom. The van der Waals surface area contributed by atoms with E-state index >= 15 is 0 Å². The van der Waals surface area contributed by atoms with Gasteiger partial charge in [-0.2, -0.15) is 0 Å². The number of hydrogen-bond donors (Lipinski definition) is 1. The minimum Gasteiger partial charge on any atom is -0.374 e. The molecule has 1 N–H and O–H groups in total. The fraction of sp³-hybridized carbons (Fsp3) is 0.800. The number of hydrogen-bond acceptors (Lipinski definition) is 5. The summed E-state index contributed by atoms with van der Waals surface area (Å²) in [6.07, 6.45) is 13.0. The van der Waals surface area contributed by atoms with E-state index in [1.165, 1.54) is 63.5 Å². The van der Waals surface area contributed by atoms with Crippen LogP contribution in [-0.2, 0) is 22.9 Å². The first-order valence-electron chi connectivity index (χ1n) is 10.5. The van der Waals surface area contributed by atoms with E-state index in [-0.39, 0.29) is 11.8 Å². The molecule has 0 aromatic heterocycles. The van der Waals surface area contributed by atoms with Crippen molar-refractivity contribution in [3.8, 4) is 0 Å². The van der Waals surface area contributed by atoms with Crippen LogP contribution in [0.4, 0.5) is 0 Å². The van der Waals surface area contributed by atoms with Gasteiger partial charge in [-0.1, -0.05) is 51.9 Å². The summed E-state index contributed by atoms with van der Waals surface area (Å²) >= 11 is 0. The fourth-order valence-electron chi connectivity index (χ4n) is 2.83. The van der Waals surface area contributed by atoms with Gasteiger partial charge in [-0.25, -0.2) is 0 Å². The van der Waals surface area contributed by atoms with Crippen LogP contribution in [0.15, 0.2) is 12.2 Å². The van der Waals surface area contributed by atoms with E-state index in [1.54, 1.807) is 0 Å². The Morgan fingerprint density at radius 1 is 0.704 bits per heavy atom. The van der Waals surface area contributed by atoms with Gasteiger partial charge in [0.15, 0.2) is 0 Å². The normalized spacial score (nSPS) is 13.5. The highest BCUT2D eigenvalue weighted by Crippen LogP contribution is 2.20. The summed E-state index contributed by atoms with van der Waals surface area (Å²) in [7, 11) is -2.38. The Morgan fingerprint density at radius 2 is 1.11 bits per heavy atom. The molecule has 1 heterocycles. The molecule has 0 unspecified atom stereocenters. The van der Waals surface area contributed by atoms with E-state index in [4.69, 9.17) is 13.3 Å². The summed E-state index contributed by atoms with van der Waals surface area (Å²) < 4.78 is 17.6. The van der Waals surface area contributed by atoms with Crippen molar-refractivity contribution in [2.75, 3.05) is 19.8 Å². The van der Waals surface area contributed by atoms with Crippen molar-refractivity contribution in [2.45, 2.75) is 85.1 Å². The summed E-state index contributed by atoms with van der Waals surface area (Å²) in [5, 5.41) is 2.03. The molecule has 0 bridgehead atoms. The number of carbonyl (C=O) groups excluding carboxylic acids is 2. The largest absolute Gasteiger partial charge is 0.500 e. The molecule has 0 saturated heterocycles. The van der Waals surface area contributed by atoms with Crippen molar-refractivity contribution in [2.24, 2.45) is 0 Å². The Labute approximate surface area is 166 Å². The quantitative estimate of drug-likeness (QED) is 0.250. The smallest absolute Gasteiger partial charge is 0.374 e. The molecule has 158 valence electrons. The molecule has 0 spiro atoms. The minimum absolute atomic E-state index is 0.329. The van der Waals surface area contributed by atoms with Crippen LogP contribution in [-0.4, -0.2) is 40.4 Å². The minimum atomic E-state index is -2.38. The van der Waals surface area contributed by atoms with Crippen molar-refractivity contribution in [3.05, 3.63) is 12.2 Å². The number of imide groups is 1. The molecule has 0 aromatic carbocycles. The molecule has 2 amide bonds. The molecule has 0 aliphatic carbocycles. The second kappa shape index (κ2) is 17.1. The van der Waals surface area contributed by atoms with E-state index < -0.39 is 8.80 Å². The fourth-order valence-corrected chi connectivity index (χ4v) is 5.52. The van der Waals surface area contributed by atoms with Crippen molar-refractivity contribution in [3.63, 3.8) is 0 Å². The SMILES string of the molecule is CCCCCCCCCC[Si](OCC)(OCC)OCC.O=C1C=CC(=O)N1. The van der Waals surface area contributed by atoms with Gasteiger partial charge in [0.1, 0.15) is 0 Å². The predicted molar refractivity (Wildman–Crippen MR) is 110 cm³/mol. The van der Waals surface area contributed by atoms with Crippen molar-refractivity contribution in [1.29, 1.82) is 0 Å². The Hall–Kier alpha value is -1.02. The van der Waals surface area contributed by atoms with Gasteiger partial charge in [0, 0.05) is 38.0 Å². The standard InChI is InChI=1S/C16H36O3Si.C4H3NO2/c1-5-9-10-11-12-13-14-15-16-20(17-6-2,18-7-3)19-8-4;6-3-1-2-4(7)5-3/h5-16H2,1-4H3;1-2H,(H,5,6,7). The zero-order valence-electron chi connectivity index (χ0n) is 17.7. The number of amides is 2. The van der Waals surface area contributed by atoms with Gasteiger partial charge in [-0.05, 0) is 27.2 Å². The monoisotopic (exact) mass is 401 g/mol. The molecule has 0 saturated carbocycles. The van der Waals surface area contributed by atoms with Crippen molar-refractivity contribution >= 4 is 20.6 Å². The summed E-state index contributed by atoms with van der Waals surface area (Å²) in [6, 6.07) is 0.970. The second-order valence-electron chi connectivity index (χ2n) is 6.39. The average molecular weight is 402 g/mol. The maximum absolute atomic E-state index is 10.0. The zero-order chi connectivity index (χ0) is 20.4. The lowest BCUT2D eigenvalue weighted by Crippen LogP contribution is -2.45. The van der Waals surface area contributed by atoms with Crippen LogP contribution in [0.2, 0.25) is 6.04 Å². The van der Waals surface area contributed by atoms with E-state index in [1.807, 2.05) is 26.1 Å². The lowest BCUT2D eigenvalue weighted by Gasteiger charge is -2.28. The summed E-state index contributed by atoms with van der Waals surface area (Å²) in [5.74, 6) is -0.657. The number of nitrogens with one attached hydrogen (secondary N) is 1.